The van der Waals surface area contributed by atoms with Gasteiger partial charge in [0.05, 0.1) is 12.2 Å². The summed E-state index contributed by atoms with van der Waals surface area (Å²) in [6.07, 6.45) is 5.18. The van der Waals surface area contributed by atoms with Gasteiger partial charge in [-0.25, -0.2) is 10.8 Å². The first-order valence-corrected chi connectivity index (χ1v) is 5.32. The highest BCUT2D eigenvalue weighted by Gasteiger charge is 2.19. The van der Waals surface area contributed by atoms with Gasteiger partial charge in [-0.05, 0) is 5.56 Å². The summed E-state index contributed by atoms with van der Waals surface area (Å²) in [6.45, 7) is 0.521. The predicted molar refractivity (Wildman–Crippen MR) is 63.7 cm³/mol. The van der Waals surface area contributed by atoms with Crippen molar-refractivity contribution < 1.29 is 4.79 Å². The summed E-state index contributed by atoms with van der Waals surface area (Å²) in [4.78, 5) is 15.7. The molecule has 1 heterocycles. The topological polar surface area (TPSA) is 72.9 Å². The number of benzene rings is 1. The van der Waals surface area contributed by atoms with Crippen LogP contribution in [-0.2, 0) is 11.3 Å². The van der Waals surface area contributed by atoms with Gasteiger partial charge in [0.1, 0.15) is 0 Å². The highest BCUT2D eigenvalue weighted by atomic mass is 16.2. The number of amides is 1. The molecule has 0 aliphatic carbocycles. The van der Waals surface area contributed by atoms with Crippen molar-refractivity contribution in [1.82, 2.24) is 15.0 Å². The largest absolute Gasteiger partial charge is 0.336 e. The Morgan fingerprint density at radius 2 is 2.18 bits per heavy atom. The second kappa shape index (κ2) is 5.27. The Kier molecular flexibility index (Phi) is 3.52. The van der Waals surface area contributed by atoms with E-state index in [1.165, 1.54) is 0 Å². The Hall–Kier alpha value is -2.14. The van der Waals surface area contributed by atoms with Crippen molar-refractivity contribution in [2.45, 2.75) is 12.5 Å². The average molecular weight is 230 g/mol. The molecule has 5 nitrogen and oxygen atoms in total. The molecule has 0 fully saturated rings. The third kappa shape index (κ3) is 2.70. The SMILES string of the molecule is NNC(=O)C(Cn1ccnc1)c1ccccc1. The van der Waals surface area contributed by atoms with E-state index in [0.29, 0.717) is 6.54 Å². The quantitative estimate of drug-likeness (QED) is 0.460. The van der Waals surface area contributed by atoms with Crippen molar-refractivity contribution in [1.29, 1.82) is 0 Å². The molecule has 2 rings (SSSR count). The molecule has 0 radical (unpaired) electrons. The number of imidazole rings is 1. The van der Waals surface area contributed by atoms with E-state index in [0.717, 1.165) is 5.56 Å². The highest BCUT2D eigenvalue weighted by molar-refractivity contribution is 5.82. The number of hydrogen-bond acceptors (Lipinski definition) is 3. The van der Waals surface area contributed by atoms with Crippen molar-refractivity contribution in [2.24, 2.45) is 5.84 Å². The lowest BCUT2D eigenvalue weighted by atomic mass is 9.98. The minimum atomic E-state index is -0.310. The van der Waals surface area contributed by atoms with Gasteiger partial charge in [0.2, 0.25) is 5.91 Å². The van der Waals surface area contributed by atoms with Crippen LogP contribution in [0.3, 0.4) is 0 Å². The maximum absolute atomic E-state index is 11.8. The van der Waals surface area contributed by atoms with Crippen molar-refractivity contribution in [3.05, 3.63) is 54.6 Å². The molecule has 5 heteroatoms. The fourth-order valence-corrected chi connectivity index (χ4v) is 1.73. The molecule has 0 spiro atoms. The van der Waals surface area contributed by atoms with Gasteiger partial charge in [0.25, 0.3) is 0 Å². The zero-order valence-electron chi connectivity index (χ0n) is 9.28. The number of rotatable bonds is 4. The number of aromatic nitrogens is 2. The molecule has 1 aromatic carbocycles. The van der Waals surface area contributed by atoms with Crippen molar-refractivity contribution in [3.63, 3.8) is 0 Å². The minimum absolute atomic E-state index is 0.204. The standard InChI is InChI=1S/C12H14N4O/c13-15-12(17)11(8-16-7-6-14-9-16)10-4-2-1-3-5-10/h1-7,9,11H,8,13H2,(H,15,17). The van der Waals surface area contributed by atoms with Gasteiger partial charge >= 0.3 is 0 Å². The van der Waals surface area contributed by atoms with Gasteiger partial charge in [-0.15, -0.1) is 0 Å². The van der Waals surface area contributed by atoms with Gasteiger partial charge in [-0.3, -0.25) is 10.2 Å². The van der Waals surface area contributed by atoms with E-state index in [1.807, 2.05) is 41.1 Å². The summed E-state index contributed by atoms with van der Waals surface area (Å²) in [5.41, 5.74) is 3.14. The second-order valence-corrected chi connectivity index (χ2v) is 3.73. The molecule has 1 unspecified atom stereocenters. The number of carbonyl (C=O) groups excluding carboxylic acids is 1. The monoisotopic (exact) mass is 230 g/mol. The van der Waals surface area contributed by atoms with Crippen LogP contribution in [0.25, 0.3) is 0 Å². The molecule has 0 aliphatic heterocycles. The van der Waals surface area contributed by atoms with Crippen LogP contribution in [0.5, 0.6) is 0 Å². The van der Waals surface area contributed by atoms with E-state index in [4.69, 9.17) is 5.84 Å². The molecule has 0 bridgehead atoms. The Balaban J connectivity index is 2.23. The van der Waals surface area contributed by atoms with Crippen LogP contribution >= 0.6 is 0 Å². The van der Waals surface area contributed by atoms with Crippen LogP contribution in [0.4, 0.5) is 0 Å². The van der Waals surface area contributed by atoms with E-state index < -0.39 is 0 Å². The lowest BCUT2D eigenvalue weighted by Gasteiger charge is -2.16. The molecule has 2 aromatic rings. The van der Waals surface area contributed by atoms with Crippen molar-refractivity contribution in [2.75, 3.05) is 0 Å². The van der Waals surface area contributed by atoms with Crippen LogP contribution in [0.2, 0.25) is 0 Å². The third-order valence-corrected chi connectivity index (χ3v) is 2.61. The van der Waals surface area contributed by atoms with Gasteiger partial charge in [-0.1, -0.05) is 30.3 Å². The Morgan fingerprint density at radius 1 is 1.41 bits per heavy atom. The zero-order valence-corrected chi connectivity index (χ0v) is 9.28. The van der Waals surface area contributed by atoms with Crippen LogP contribution in [0.1, 0.15) is 11.5 Å². The van der Waals surface area contributed by atoms with Gasteiger partial charge in [0, 0.05) is 18.9 Å². The molecule has 88 valence electrons. The molecule has 1 aromatic heterocycles. The van der Waals surface area contributed by atoms with E-state index in [-0.39, 0.29) is 11.8 Å². The second-order valence-electron chi connectivity index (χ2n) is 3.73. The zero-order chi connectivity index (χ0) is 12.1. The molecule has 0 saturated carbocycles. The van der Waals surface area contributed by atoms with Gasteiger partial charge < -0.3 is 4.57 Å². The van der Waals surface area contributed by atoms with E-state index in [9.17, 15) is 4.79 Å². The molecule has 3 N–H and O–H groups in total. The van der Waals surface area contributed by atoms with Crippen LogP contribution in [-0.4, -0.2) is 15.5 Å². The first-order valence-electron chi connectivity index (χ1n) is 5.32. The highest BCUT2D eigenvalue weighted by Crippen LogP contribution is 2.17. The average Bonchev–Trinajstić information content (AvgIpc) is 2.89. The van der Waals surface area contributed by atoms with Crippen molar-refractivity contribution in [3.8, 4) is 0 Å². The molecule has 0 aliphatic rings. The number of nitrogens with two attached hydrogens (primary N) is 1. The molecule has 1 amide bonds. The number of nitrogens with one attached hydrogen (secondary N) is 1. The fourth-order valence-electron chi connectivity index (χ4n) is 1.73. The number of nitrogens with zero attached hydrogens (tertiary/aromatic N) is 2. The summed E-state index contributed by atoms with van der Waals surface area (Å²) < 4.78 is 1.85. The molecule has 0 saturated heterocycles. The van der Waals surface area contributed by atoms with Crippen LogP contribution < -0.4 is 11.3 Å². The predicted octanol–water partition coefficient (Wildman–Crippen LogP) is 0.657. The summed E-state index contributed by atoms with van der Waals surface area (Å²) in [5, 5.41) is 0. The number of hydrazine groups is 1. The lowest BCUT2D eigenvalue weighted by Crippen LogP contribution is -2.36. The first-order chi connectivity index (χ1) is 8.31. The Bertz CT molecular complexity index is 467. The summed E-state index contributed by atoms with van der Waals surface area (Å²) in [7, 11) is 0. The molecule has 1 atom stereocenters. The third-order valence-electron chi connectivity index (χ3n) is 2.61. The first kappa shape index (κ1) is 11.3. The normalized spacial score (nSPS) is 12.1. The van der Waals surface area contributed by atoms with Crippen LogP contribution in [0.15, 0.2) is 49.1 Å². The van der Waals surface area contributed by atoms with Gasteiger partial charge in [0.15, 0.2) is 0 Å². The van der Waals surface area contributed by atoms with E-state index in [1.54, 1.807) is 12.5 Å². The molecular weight excluding hydrogens is 216 g/mol. The maximum atomic E-state index is 11.8. The van der Waals surface area contributed by atoms with E-state index in [2.05, 4.69) is 10.4 Å². The molecular formula is C12H14N4O. The van der Waals surface area contributed by atoms with E-state index >= 15 is 0 Å². The minimum Gasteiger partial charge on any atom is -0.336 e. The maximum Gasteiger partial charge on any atom is 0.243 e. The number of carbonyl (C=O) groups is 1. The Labute approximate surface area is 99.2 Å². The van der Waals surface area contributed by atoms with Crippen molar-refractivity contribution >= 4 is 5.91 Å². The lowest BCUT2D eigenvalue weighted by molar-refractivity contribution is -0.122. The summed E-state index contributed by atoms with van der Waals surface area (Å²) >= 11 is 0. The van der Waals surface area contributed by atoms with Crippen LogP contribution in [0, 0.1) is 0 Å². The van der Waals surface area contributed by atoms with Gasteiger partial charge in [-0.2, -0.15) is 0 Å². The number of hydrogen-bond donors (Lipinski definition) is 2. The Morgan fingerprint density at radius 3 is 2.76 bits per heavy atom. The summed E-state index contributed by atoms with van der Waals surface area (Å²) in [5.74, 6) is 4.70. The smallest absolute Gasteiger partial charge is 0.243 e. The molecule has 17 heavy (non-hydrogen) atoms. The fraction of sp³-hybridized carbons (Fsp3) is 0.167. The summed E-state index contributed by atoms with van der Waals surface area (Å²) in [6, 6.07) is 9.55.